The Balaban J connectivity index is 1.38. The van der Waals surface area contributed by atoms with Gasteiger partial charge in [0, 0.05) is 38.4 Å². The van der Waals surface area contributed by atoms with Crippen molar-refractivity contribution < 1.29 is 14.6 Å². The van der Waals surface area contributed by atoms with E-state index in [9.17, 15) is 5.11 Å². The first-order valence-electron chi connectivity index (χ1n) is 10.3. The van der Waals surface area contributed by atoms with Gasteiger partial charge in [-0.15, -0.1) is 0 Å². The highest BCUT2D eigenvalue weighted by molar-refractivity contribution is 5.56. The Morgan fingerprint density at radius 2 is 1.55 bits per heavy atom. The van der Waals surface area contributed by atoms with Gasteiger partial charge in [0.05, 0.1) is 13.8 Å². The van der Waals surface area contributed by atoms with Gasteiger partial charge in [-0.3, -0.25) is 9.80 Å². The zero-order chi connectivity index (χ0) is 20.6. The van der Waals surface area contributed by atoms with E-state index < -0.39 is 6.10 Å². The lowest BCUT2D eigenvalue weighted by molar-refractivity contribution is 0.0468. The molecule has 0 bridgehead atoms. The Morgan fingerprint density at radius 1 is 0.931 bits per heavy atom. The summed E-state index contributed by atoms with van der Waals surface area (Å²) in [5.74, 6) is 1.35. The molecule has 6 nitrogen and oxygen atoms in total. The number of methoxy groups -OCH3 is 1. The largest absolute Gasteiger partial charge is 0.493 e. The van der Waals surface area contributed by atoms with E-state index in [-0.39, 0.29) is 6.61 Å². The first kappa shape index (κ1) is 21.4. The minimum Gasteiger partial charge on any atom is -0.493 e. The summed E-state index contributed by atoms with van der Waals surface area (Å²) in [7, 11) is 1.62. The number of aliphatic hydroxyl groups is 1. The molecule has 0 aliphatic carbocycles. The first-order chi connectivity index (χ1) is 14.1. The number of rotatable bonds is 9. The molecule has 0 amide bonds. The summed E-state index contributed by atoms with van der Waals surface area (Å²) in [6.07, 6.45) is -0.529. The van der Waals surface area contributed by atoms with Gasteiger partial charge in [-0.05, 0) is 37.1 Å². The van der Waals surface area contributed by atoms with Gasteiger partial charge in [0.15, 0.2) is 11.5 Å². The van der Waals surface area contributed by atoms with Gasteiger partial charge in [-0.1, -0.05) is 30.3 Å². The molecule has 0 spiro atoms. The van der Waals surface area contributed by atoms with Gasteiger partial charge in [-0.2, -0.15) is 0 Å². The second-order valence-electron chi connectivity index (χ2n) is 7.64. The second kappa shape index (κ2) is 10.5. The quantitative estimate of drug-likeness (QED) is 0.676. The zero-order valence-electron chi connectivity index (χ0n) is 17.7. The van der Waals surface area contributed by atoms with Crippen LogP contribution in [0.4, 0.5) is 5.69 Å². The van der Waals surface area contributed by atoms with Crippen LogP contribution in [0.15, 0.2) is 42.5 Å². The van der Waals surface area contributed by atoms with Crippen LogP contribution in [0.2, 0.25) is 0 Å². The van der Waals surface area contributed by atoms with E-state index in [1.807, 2.05) is 24.3 Å². The fourth-order valence-electron chi connectivity index (χ4n) is 3.69. The predicted molar refractivity (Wildman–Crippen MR) is 117 cm³/mol. The number of anilines is 1. The lowest BCUT2D eigenvalue weighted by Crippen LogP contribution is -2.50. The molecule has 0 aromatic heterocycles. The summed E-state index contributed by atoms with van der Waals surface area (Å²) in [4.78, 5) is 4.71. The number of para-hydroxylation sites is 3. The number of β-amino-alcohol motifs (C(OH)–C–C–N with tert-alkyl or cyclic N) is 1. The van der Waals surface area contributed by atoms with E-state index in [1.54, 1.807) is 7.11 Å². The molecule has 158 valence electrons. The van der Waals surface area contributed by atoms with Crippen molar-refractivity contribution in [2.24, 2.45) is 0 Å². The van der Waals surface area contributed by atoms with Crippen molar-refractivity contribution in [3.63, 3.8) is 0 Å². The second-order valence-corrected chi connectivity index (χ2v) is 7.64. The van der Waals surface area contributed by atoms with Crippen LogP contribution in [0.5, 0.6) is 11.5 Å². The predicted octanol–water partition coefficient (Wildman–Crippen LogP) is 2.74. The molecule has 2 aromatic carbocycles. The number of hydrogen-bond donors (Lipinski definition) is 2. The highest BCUT2D eigenvalue weighted by Crippen LogP contribution is 2.25. The van der Waals surface area contributed by atoms with Crippen molar-refractivity contribution in [1.29, 1.82) is 0 Å². The molecule has 1 heterocycles. The standard InChI is InChI=1S/C23H33N3O3/c1-18-7-6-8-19(2)23(18)24-17-26-13-11-25(12-14-26)15-20(27)16-29-22-10-5-4-9-21(22)28-3/h4-10,20,24,27H,11-17H2,1-3H3. The Kier molecular flexibility index (Phi) is 7.75. The molecule has 2 N–H and O–H groups in total. The Hall–Kier alpha value is -2.28. The third-order valence-corrected chi connectivity index (χ3v) is 5.39. The van der Waals surface area contributed by atoms with Crippen LogP contribution in [-0.2, 0) is 0 Å². The molecule has 1 fully saturated rings. The minimum atomic E-state index is -0.529. The normalized spacial score (nSPS) is 16.4. The van der Waals surface area contributed by atoms with Crippen LogP contribution in [0, 0.1) is 13.8 Å². The van der Waals surface area contributed by atoms with E-state index in [1.165, 1.54) is 16.8 Å². The number of nitrogens with one attached hydrogen (secondary N) is 1. The number of piperazine rings is 1. The maximum atomic E-state index is 10.4. The first-order valence-corrected chi connectivity index (χ1v) is 10.3. The van der Waals surface area contributed by atoms with Gasteiger partial charge < -0.3 is 19.9 Å². The fourth-order valence-corrected chi connectivity index (χ4v) is 3.69. The minimum absolute atomic E-state index is 0.259. The van der Waals surface area contributed by atoms with Crippen LogP contribution in [0.25, 0.3) is 0 Å². The van der Waals surface area contributed by atoms with Crippen molar-refractivity contribution in [2.45, 2.75) is 20.0 Å². The summed E-state index contributed by atoms with van der Waals surface area (Å²) < 4.78 is 11.0. The van der Waals surface area contributed by atoms with Gasteiger partial charge in [-0.25, -0.2) is 0 Å². The summed E-state index contributed by atoms with van der Waals surface area (Å²) in [6, 6.07) is 13.9. The lowest BCUT2D eigenvalue weighted by Gasteiger charge is -2.35. The van der Waals surface area contributed by atoms with E-state index >= 15 is 0 Å². The highest BCUT2D eigenvalue weighted by atomic mass is 16.5. The molecule has 0 radical (unpaired) electrons. The average molecular weight is 400 g/mol. The van der Waals surface area contributed by atoms with E-state index in [4.69, 9.17) is 9.47 Å². The molecule has 3 rings (SSSR count). The monoisotopic (exact) mass is 399 g/mol. The number of benzene rings is 2. The Bertz CT molecular complexity index is 755. The molecule has 1 saturated heterocycles. The van der Waals surface area contributed by atoms with Crippen molar-refractivity contribution in [3.05, 3.63) is 53.6 Å². The van der Waals surface area contributed by atoms with E-state index in [0.29, 0.717) is 18.0 Å². The van der Waals surface area contributed by atoms with Gasteiger partial charge in [0.25, 0.3) is 0 Å². The van der Waals surface area contributed by atoms with Gasteiger partial charge in [0.2, 0.25) is 0 Å². The molecular formula is C23H33N3O3. The summed E-state index contributed by atoms with van der Waals surface area (Å²) >= 11 is 0. The molecular weight excluding hydrogens is 366 g/mol. The topological polar surface area (TPSA) is 57.2 Å². The van der Waals surface area contributed by atoms with Crippen LogP contribution in [0.1, 0.15) is 11.1 Å². The maximum Gasteiger partial charge on any atom is 0.161 e. The van der Waals surface area contributed by atoms with Gasteiger partial charge >= 0.3 is 0 Å². The fraction of sp³-hybridized carbons (Fsp3) is 0.478. The SMILES string of the molecule is COc1ccccc1OCC(O)CN1CCN(CNc2c(C)cccc2C)CC1. The van der Waals surface area contributed by atoms with Crippen molar-refractivity contribution >= 4 is 5.69 Å². The number of aliphatic hydroxyl groups excluding tert-OH is 1. The summed E-state index contributed by atoms with van der Waals surface area (Å²) in [5, 5.41) is 14.0. The Morgan fingerprint density at radius 3 is 2.21 bits per heavy atom. The van der Waals surface area contributed by atoms with E-state index in [2.05, 4.69) is 47.2 Å². The summed E-state index contributed by atoms with van der Waals surface area (Å²) in [6.45, 7) is 9.86. The highest BCUT2D eigenvalue weighted by Gasteiger charge is 2.20. The number of ether oxygens (including phenoxy) is 2. The van der Waals surface area contributed by atoms with Crippen LogP contribution >= 0.6 is 0 Å². The Labute approximate surface area is 174 Å². The third-order valence-electron chi connectivity index (χ3n) is 5.39. The van der Waals surface area contributed by atoms with Crippen LogP contribution in [0.3, 0.4) is 0 Å². The molecule has 1 aliphatic rings. The molecule has 29 heavy (non-hydrogen) atoms. The molecule has 0 saturated carbocycles. The molecule has 6 heteroatoms. The smallest absolute Gasteiger partial charge is 0.161 e. The van der Waals surface area contributed by atoms with Crippen molar-refractivity contribution in [2.75, 3.05) is 58.4 Å². The molecule has 1 aliphatic heterocycles. The number of hydrogen-bond acceptors (Lipinski definition) is 6. The zero-order valence-corrected chi connectivity index (χ0v) is 17.7. The van der Waals surface area contributed by atoms with Crippen molar-refractivity contribution in [1.82, 2.24) is 9.80 Å². The van der Waals surface area contributed by atoms with Crippen LogP contribution in [-0.4, -0.2) is 74.1 Å². The molecule has 1 unspecified atom stereocenters. The maximum absolute atomic E-state index is 10.4. The molecule has 2 aromatic rings. The van der Waals surface area contributed by atoms with E-state index in [0.717, 1.165) is 32.8 Å². The third kappa shape index (κ3) is 6.10. The summed E-state index contributed by atoms with van der Waals surface area (Å²) in [5.41, 5.74) is 3.79. The van der Waals surface area contributed by atoms with Gasteiger partial charge in [0.1, 0.15) is 12.7 Å². The number of nitrogens with zero attached hydrogens (tertiary/aromatic N) is 2. The molecule has 1 atom stereocenters. The van der Waals surface area contributed by atoms with Crippen molar-refractivity contribution in [3.8, 4) is 11.5 Å². The van der Waals surface area contributed by atoms with Crippen LogP contribution < -0.4 is 14.8 Å². The average Bonchev–Trinajstić information content (AvgIpc) is 2.73. The number of aryl methyl sites for hydroxylation is 2. The lowest BCUT2D eigenvalue weighted by atomic mass is 10.1.